The summed E-state index contributed by atoms with van der Waals surface area (Å²) in [5.41, 5.74) is 0. The molecule has 1 unspecified atom stereocenters. The Morgan fingerprint density at radius 1 is 1.11 bits per heavy atom. The quantitative estimate of drug-likeness (QED) is 0.463. The molecule has 0 N–H and O–H groups in total. The predicted molar refractivity (Wildman–Crippen MR) is 59.7 cm³/mol. The Bertz CT molecular complexity index is 285. The highest BCUT2D eigenvalue weighted by Crippen LogP contribution is 2.39. The summed E-state index contributed by atoms with van der Waals surface area (Å²) in [4.78, 5) is 0. The Kier molecular flexibility index (Phi) is 7.91. The molecule has 112 valence electrons. The van der Waals surface area contributed by atoms with Crippen LogP contribution in [0, 0.1) is 11.3 Å². The van der Waals surface area contributed by atoms with Gasteiger partial charge in [0, 0.05) is 13.0 Å². The number of ether oxygens (including phenoxy) is 1. The summed E-state index contributed by atoms with van der Waals surface area (Å²) in [6.45, 7) is 1.98. The molecule has 0 bridgehead atoms. The molecule has 0 aromatic heterocycles. The van der Waals surface area contributed by atoms with Gasteiger partial charge in [-0.3, -0.25) is 0 Å². The highest BCUT2D eigenvalue weighted by Gasteiger charge is 2.56. The van der Waals surface area contributed by atoms with Gasteiger partial charge in [-0.05, 0) is 19.3 Å². The summed E-state index contributed by atoms with van der Waals surface area (Å²) in [6.07, 6.45) is -5.30. The lowest BCUT2D eigenvalue weighted by Crippen LogP contribution is -2.36. The van der Waals surface area contributed by atoms with E-state index in [2.05, 4.69) is 0 Å². The maximum Gasteiger partial charge on any atom is 0.453 e. The van der Waals surface area contributed by atoms with E-state index in [0.717, 1.165) is 12.8 Å². The third-order valence-corrected chi connectivity index (χ3v) is 2.58. The topological polar surface area (TPSA) is 33.0 Å². The van der Waals surface area contributed by atoms with Gasteiger partial charge in [0.25, 0.3) is 0 Å². The first kappa shape index (κ1) is 18.1. The third-order valence-electron chi connectivity index (χ3n) is 2.58. The van der Waals surface area contributed by atoms with Crippen LogP contribution in [-0.2, 0) is 4.74 Å². The van der Waals surface area contributed by atoms with Crippen molar-refractivity contribution < 1.29 is 26.7 Å². The number of hydrogen-bond acceptors (Lipinski definition) is 2. The van der Waals surface area contributed by atoms with Crippen LogP contribution in [0.4, 0.5) is 22.0 Å². The van der Waals surface area contributed by atoms with Crippen molar-refractivity contribution in [1.82, 2.24) is 0 Å². The second-order valence-corrected chi connectivity index (χ2v) is 4.29. The fourth-order valence-electron chi connectivity index (χ4n) is 1.39. The molecule has 0 spiro atoms. The zero-order chi connectivity index (χ0) is 14.9. The van der Waals surface area contributed by atoms with E-state index in [1.54, 1.807) is 0 Å². The van der Waals surface area contributed by atoms with Crippen molar-refractivity contribution in [2.24, 2.45) is 0 Å². The van der Waals surface area contributed by atoms with Crippen LogP contribution in [-0.4, -0.2) is 24.8 Å². The molecule has 0 fully saturated rings. The molecule has 19 heavy (non-hydrogen) atoms. The van der Waals surface area contributed by atoms with Crippen molar-refractivity contribution in [1.29, 1.82) is 5.26 Å². The van der Waals surface area contributed by atoms with Gasteiger partial charge in [-0.1, -0.05) is 19.8 Å². The van der Waals surface area contributed by atoms with Gasteiger partial charge < -0.3 is 4.74 Å². The lowest BCUT2D eigenvalue weighted by Gasteiger charge is -2.19. The van der Waals surface area contributed by atoms with Crippen LogP contribution in [0.25, 0.3) is 0 Å². The van der Waals surface area contributed by atoms with E-state index in [4.69, 9.17) is 10.00 Å². The maximum atomic E-state index is 12.5. The minimum Gasteiger partial charge on any atom is -0.363 e. The molecule has 0 rings (SSSR count). The van der Waals surface area contributed by atoms with E-state index < -0.39 is 24.6 Å². The van der Waals surface area contributed by atoms with Gasteiger partial charge >= 0.3 is 12.1 Å². The fourth-order valence-corrected chi connectivity index (χ4v) is 1.39. The number of hydrogen-bond donors (Lipinski definition) is 0. The van der Waals surface area contributed by atoms with E-state index in [-0.39, 0.29) is 19.4 Å². The first-order valence-electron chi connectivity index (χ1n) is 6.20. The molecule has 0 aliphatic rings. The first-order chi connectivity index (χ1) is 8.74. The second-order valence-electron chi connectivity index (χ2n) is 4.29. The van der Waals surface area contributed by atoms with E-state index in [1.807, 2.05) is 13.0 Å². The van der Waals surface area contributed by atoms with E-state index in [1.165, 1.54) is 0 Å². The molecule has 2 nitrogen and oxygen atoms in total. The van der Waals surface area contributed by atoms with Crippen molar-refractivity contribution in [3.63, 3.8) is 0 Å². The van der Waals surface area contributed by atoms with Crippen molar-refractivity contribution in [3.05, 3.63) is 0 Å². The van der Waals surface area contributed by atoms with Gasteiger partial charge in [-0.15, -0.1) is 0 Å². The molecular formula is C12H18F5NO. The van der Waals surface area contributed by atoms with Gasteiger partial charge in [0.2, 0.25) is 0 Å². The Balaban J connectivity index is 3.79. The number of alkyl halides is 5. The summed E-state index contributed by atoms with van der Waals surface area (Å²) in [5, 5.41) is 8.70. The minimum atomic E-state index is -5.50. The van der Waals surface area contributed by atoms with Crippen LogP contribution in [0.5, 0.6) is 0 Å². The second kappa shape index (κ2) is 8.31. The predicted octanol–water partition coefficient (Wildman–Crippen LogP) is 4.45. The SMILES string of the molecule is CCCCC(C#N)OCCCCC(F)(F)C(F)(F)F. The monoisotopic (exact) mass is 287 g/mol. The molecule has 0 radical (unpaired) electrons. The molecule has 0 aromatic carbocycles. The normalized spacial score (nSPS) is 14.2. The van der Waals surface area contributed by atoms with Crippen LogP contribution in [0.2, 0.25) is 0 Å². The molecule has 0 aliphatic heterocycles. The highest BCUT2D eigenvalue weighted by atomic mass is 19.4. The highest BCUT2D eigenvalue weighted by molar-refractivity contribution is 4.83. The standard InChI is InChI=1S/C12H18F5NO/c1-2-3-6-10(9-18)19-8-5-4-7-11(13,14)12(15,16)17/h10H,2-8H2,1H3. The van der Waals surface area contributed by atoms with Crippen LogP contribution < -0.4 is 0 Å². The van der Waals surface area contributed by atoms with Gasteiger partial charge in [-0.2, -0.15) is 27.2 Å². The van der Waals surface area contributed by atoms with Gasteiger partial charge in [0.1, 0.15) is 6.10 Å². The summed E-state index contributed by atoms with van der Waals surface area (Å²) in [7, 11) is 0. The number of nitriles is 1. The average molecular weight is 287 g/mol. The van der Waals surface area contributed by atoms with Crippen molar-refractivity contribution in [2.75, 3.05) is 6.61 Å². The number of halogens is 5. The molecule has 0 aliphatic carbocycles. The molecule has 1 atom stereocenters. The average Bonchev–Trinajstić information content (AvgIpc) is 2.31. The summed E-state index contributed by atoms with van der Waals surface area (Å²) in [6, 6.07) is 1.92. The molecule has 0 heterocycles. The molecule has 0 saturated carbocycles. The lowest BCUT2D eigenvalue weighted by atomic mass is 10.1. The maximum absolute atomic E-state index is 12.5. The fraction of sp³-hybridized carbons (Fsp3) is 0.917. The Morgan fingerprint density at radius 2 is 1.74 bits per heavy atom. The molecular weight excluding hydrogens is 269 g/mol. The number of rotatable bonds is 9. The van der Waals surface area contributed by atoms with Gasteiger partial charge in [0.05, 0.1) is 6.07 Å². The third kappa shape index (κ3) is 7.31. The van der Waals surface area contributed by atoms with E-state index >= 15 is 0 Å². The molecule has 0 amide bonds. The van der Waals surface area contributed by atoms with Crippen LogP contribution >= 0.6 is 0 Å². The van der Waals surface area contributed by atoms with E-state index in [0.29, 0.717) is 6.42 Å². The molecule has 7 heteroatoms. The zero-order valence-electron chi connectivity index (χ0n) is 10.8. The van der Waals surface area contributed by atoms with Crippen LogP contribution in [0.1, 0.15) is 45.4 Å². The largest absolute Gasteiger partial charge is 0.453 e. The Labute approximate surface area is 109 Å². The molecule has 0 saturated heterocycles. The summed E-state index contributed by atoms with van der Waals surface area (Å²) >= 11 is 0. The van der Waals surface area contributed by atoms with Gasteiger partial charge in [-0.25, -0.2) is 0 Å². The van der Waals surface area contributed by atoms with E-state index in [9.17, 15) is 22.0 Å². The van der Waals surface area contributed by atoms with Crippen molar-refractivity contribution in [3.8, 4) is 6.07 Å². The van der Waals surface area contributed by atoms with Crippen LogP contribution in [0.3, 0.4) is 0 Å². The summed E-state index contributed by atoms with van der Waals surface area (Å²) < 4.78 is 65.7. The molecule has 0 aromatic rings. The minimum absolute atomic E-state index is 0.0237. The van der Waals surface area contributed by atoms with Crippen molar-refractivity contribution in [2.45, 2.75) is 63.7 Å². The zero-order valence-corrected chi connectivity index (χ0v) is 10.8. The summed E-state index contributed by atoms with van der Waals surface area (Å²) in [5.74, 6) is -4.65. The Morgan fingerprint density at radius 3 is 2.21 bits per heavy atom. The Hall–Kier alpha value is -0.900. The lowest BCUT2D eigenvalue weighted by molar-refractivity contribution is -0.284. The van der Waals surface area contributed by atoms with Crippen LogP contribution in [0.15, 0.2) is 0 Å². The van der Waals surface area contributed by atoms with Gasteiger partial charge in [0.15, 0.2) is 0 Å². The number of nitrogens with zero attached hydrogens (tertiary/aromatic N) is 1. The van der Waals surface area contributed by atoms with Crippen molar-refractivity contribution >= 4 is 0 Å². The first-order valence-corrected chi connectivity index (χ1v) is 6.20. The smallest absolute Gasteiger partial charge is 0.363 e. The number of unbranched alkanes of at least 4 members (excludes halogenated alkanes) is 2.